The summed E-state index contributed by atoms with van der Waals surface area (Å²) in [6.07, 6.45) is 1.46. The Morgan fingerprint density at radius 2 is 1.81 bits per heavy atom. The molecule has 0 radical (unpaired) electrons. The third kappa shape index (κ3) is 4.89. The average Bonchev–Trinajstić information content (AvgIpc) is 2.48. The molecule has 2 rings (SSSR count). The zero-order valence-electron chi connectivity index (χ0n) is 12.2. The van der Waals surface area contributed by atoms with Crippen molar-refractivity contribution < 1.29 is 19.7 Å². The Hall–Kier alpha value is -1.28. The van der Waals surface area contributed by atoms with Crippen LogP contribution in [0.1, 0.15) is 0 Å². The van der Waals surface area contributed by atoms with Crippen molar-refractivity contribution in [2.24, 2.45) is 4.99 Å². The van der Waals surface area contributed by atoms with Crippen molar-refractivity contribution in [3.05, 3.63) is 11.3 Å². The van der Waals surface area contributed by atoms with Gasteiger partial charge in [-0.3, -0.25) is 19.6 Å². The largest absolute Gasteiger partial charge is 0.509 e. The molecule has 0 saturated carbocycles. The van der Waals surface area contributed by atoms with E-state index in [0.29, 0.717) is 6.54 Å². The molecule has 0 bridgehead atoms. The fourth-order valence-corrected chi connectivity index (χ4v) is 2.44. The van der Waals surface area contributed by atoms with Crippen LogP contribution in [0.3, 0.4) is 0 Å². The number of β-amino-alcohol motifs (C(OH)–C–C–N with tert-alkyl or cyclic N) is 1. The van der Waals surface area contributed by atoms with Gasteiger partial charge in [-0.25, -0.2) is 0 Å². The number of ether oxygens (including phenoxy) is 1. The van der Waals surface area contributed by atoms with Crippen LogP contribution in [-0.2, 0) is 9.53 Å². The number of carbonyl (C=O) groups is 1. The summed E-state index contributed by atoms with van der Waals surface area (Å²) in [7, 11) is 0. The summed E-state index contributed by atoms with van der Waals surface area (Å²) >= 11 is 0. The van der Waals surface area contributed by atoms with Crippen molar-refractivity contribution in [3.8, 4) is 0 Å². The molecule has 0 spiro atoms. The van der Waals surface area contributed by atoms with Crippen molar-refractivity contribution in [1.29, 1.82) is 0 Å². The quantitative estimate of drug-likeness (QED) is 0.617. The van der Waals surface area contributed by atoms with Gasteiger partial charge in [0, 0.05) is 45.5 Å². The lowest BCUT2D eigenvalue weighted by Gasteiger charge is -2.33. The summed E-state index contributed by atoms with van der Waals surface area (Å²) in [4.78, 5) is 20.3. The minimum absolute atomic E-state index is 0.0121. The lowest BCUT2D eigenvalue weighted by atomic mass is 10.1. The van der Waals surface area contributed by atoms with Gasteiger partial charge < -0.3 is 14.9 Å². The molecule has 0 unspecified atom stereocenters. The number of aliphatic imine (C=N–C) groups is 1. The monoisotopic (exact) mass is 297 g/mol. The van der Waals surface area contributed by atoms with E-state index in [1.54, 1.807) is 0 Å². The number of piperazine rings is 1. The Labute approximate surface area is 124 Å². The zero-order valence-corrected chi connectivity index (χ0v) is 12.2. The first kappa shape index (κ1) is 16.1. The lowest BCUT2D eigenvalue weighted by Crippen LogP contribution is -2.47. The number of aliphatic hydroxyl groups is 2. The highest BCUT2D eigenvalue weighted by atomic mass is 16.5. The van der Waals surface area contributed by atoms with E-state index in [2.05, 4.69) is 14.8 Å². The van der Waals surface area contributed by atoms with E-state index in [9.17, 15) is 9.90 Å². The van der Waals surface area contributed by atoms with Crippen LogP contribution < -0.4 is 0 Å². The van der Waals surface area contributed by atoms with Crippen molar-refractivity contribution in [2.45, 2.75) is 0 Å². The number of aliphatic hydroxyl groups excluding tert-OH is 2. The zero-order chi connectivity index (χ0) is 15.1. The molecule has 0 atom stereocenters. The van der Waals surface area contributed by atoms with Crippen LogP contribution in [0.4, 0.5) is 0 Å². The molecule has 0 aliphatic carbocycles. The van der Waals surface area contributed by atoms with Gasteiger partial charge in [-0.1, -0.05) is 0 Å². The van der Waals surface area contributed by atoms with Gasteiger partial charge in [0.2, 0.25) is 0 Å². The van der Waals surface area contributed by atoms with Crippen LogP contribution in [0.2, 0.25) is 0 Å². The second-order valence-corrected chi connectivity index (χ2v) is 5.22. The molecule has 7 heteroatoms. The molecule has 2 N–H and O–H groups in total. The van der Waals surface area contributed by atoms with E-state index in [1.807, 2.05) is 0 Å². The number of carbonyl (C=O) groups excluding carboxylic acids is 1. The highest BCUT2D eigenvalue weighted by Gasteiger charge is 2.19. The van der Waals surface area contributed by atoms with E-state index in [0.717, 1.165) is 39.3 Å². The van der Waals surface area contributed by atoms with Crippen molar-refractivity contribution in [1.82, 2.24) is 9.80 Å². The Bertz CT molecular complexity index is 414. The van der Waals surface area contributed by atoms with E-state index in [4.69, 9.17) is 9.84 Å². The van der Waals surface area contributed by atoms with Crippen LogP contribution in [0.15, 0.2) is 16.3 Å². The van der Waals surface area contributed by atoms with Crippen LogP contribution in [0.25, 0.3) is 0 Å². The predicted octanol–water partition coefficient (Wildman–Crippen LogP) is -0.921. The first-order valence-corrected chi connectivity index (χ1v) is 7.29. The molecule has 2 aliphatic rings. The minimum Gasteiger partial charge on any atom is -0.509 e. The highest BCUT2D eigenvalue weighted by molar-refractivity contribution is 6.14. The number of ketones is 1. The van der Waals surface area contributed by atoms with Gasteiger partial charge in [-0.15, -0.1) is 0 Å². The second-order valence-electron chi connectivity index (χ2n) is 5.22. The summed E-state index contributed by atoms with van der Waals surface area (Å²) in [6.45, 7) is 6.35. The maximum Gasteiger partial charge on any atom is 0.193 e. The Morgan fingerprint density at radius 1 is 1.14 bits per heavy atom. The third-order valence-electron chi connectivity index (χ3n) is 3.73. The van der Waals surface area contributed by atoms with Crippen LogP contribution in [-0.4, -0.2) is 97.6 Å². The van der Waals surface area contributed by atoms with Gasteiger partial charge in [-0.05, 0) is 0 Å². The number of hydrogen-bond donors (Lipinski definition) is 2. The first-order valence-electron chi connectivity index (χ1n) is 7.29. The average molecular weight is 297 g/mol. The molecule has 0 aromatic carbocycles. The number of hydrogen-bond acceptors (Lipinski definition) is 7. The standard InChI is InChI=1S/C14H23N3O4/c18-8-7-17-5-3-16(4-6-17)2-1-15-9-12-13(19)10-21-11-14(12)20/h9,18-19H,1-8,10-11H2. The van der Waals surface area contributed by atoms with Gasteiger partial charge in [-0.2, -0.15) is 0 Å². The van der Waals surface area contributed by atoms with Crippen molar-refractivity contribution in [3.63, 3.8) is 0 Å². The molecular weight excluding hydrogens is 274 g/mol. The summed E-state index contributed by atoms with van der Waals surface area (Å²) in [6, 6.07) is 0. The minimum atomic E-state index is -0.222. The predicted molar refractivity (Wildman–Crippen MR) is 78.8 cm³/mol. The molecule has 7 nitrogen and oxygen atoms in total. The topological polar surface area (TPSA) is 85.6 Å². The maximum atomic E-state index is 11.5. The molecule has 2 heterocycles. The third-order valence-corrected chi connectivity index (χ3v) is 3.73. The lowest BCUT2D eigenvalue weighted by molar-refractivity contribution is -0.120. The van der Waals surface area contributed by atoms with Gasteiger partial charge >= 0.3 is 0 Å². The second kappa shape index (κ2) is 8.23. The fourth-order valence-electron chi connectivity index (χ4n) is 2.44. The van der Waals surface area contributed by atoms with E-state index >= 15 is 0 Å². The summed E-state index contributed by atoms with van der Waals surface area (Å²) in [5.41, 5.74) is 0.272. The van der Waals surface area contributed by atoms with Crippen LogP contribution in [0.5, 0.6) is 0 Å². The smallest absolute Gasteiger partial charge is 0.193 e. The molecule has 118 valence electrons. The molecule has 0 aromatic heterocycles. The Kier molecular flexibility index (Phi) is 6.31. The number of Topliss-reactive ketones (excluding diaryl/α,β-unsaturated/α-hetero) is 1. The number of nitrogens with zero attached hydrogens (tertiary/aromatic N) is 3. The van der Waals surface area contributed by atoms with Crippen LogP contribution in [0, 0.1) is 0 Å². The molecule has 0 aromatic rings. The fraction of sp³-hybridized carbons (Fsp3) is 0.714. The number of rotatable bonds is 6. The van der Waals surface area contributed by atoms with Gasteiger partial charge in [0.05, 0.1) is 18.7 Å². The molecule has 21 heavy (non-hydrogen) atoms. The molecule has 0 amide bonds. The first-order chi connectivity index (χ1) is 10.2. The summed E-state index contributed by atoms with van der Waals surface area (Å²) in [5, 5.41) is 18.5. The Morgan fingerprint density at radius 3 is 2.43 bits per heavy atom. The van der Waals surface area contributed by atoms with Crippen molar-refractivity contribution in [2.75, 3.05) is 65.6 Å². The molecule has 1 fully saturated rings. The van der Waals surface area contributed by atoms with E-state index < -0.39 is 0 Å². The summed E-state index contributed by atoms with van der Waals surface area (Å²) < 4.78 is 4.91. The van der Waals surface area contributed by atoms with E-state index in [-0.39, 0.29) is 36.9 Å². The molecule has 1 saturated heterocycles. The molecule has 2 aliphatic heterocycles. The maximum absolute atomic E-state index is 11.5. The van der Waals surface area contributed by atoms with Gasteiger partial charge in [0.25, 0.3) is 0 Å². The SMILES string of the molecule is O=C1COCC(O)=C1C=NCCN1CCN(CCO)CC1. The highest BCUT2D eigenvalue weighted by Crippen LogP contribution is 2.08. The normalized spacial score (nSPS) is 22.4. The van der Waals surface area contributed by atoms with Gasteiger partial charge in [0.1, 0.15) is 19.0 Å². The van der Waals surface area contributed by atoms with Gasteiger partial charge in [0.15, 0.2) is 5.78 Å². The Balaban J connectivity index is 1.70. The summed E-state index contributed by atoms with van der Waals surface area (Å²) in [5.74, 6) is -0.257. The molecular formula is C14H23N3O4. The van der Waals surface area contributed by atoms with Crippen molar-refractivity contribution >= 4 is 12.0 Å². The van der Waals surface area contributed by atoms with E-state index in [1.165, 1.54) is 6.21 Å². The van der Waals surface area contributed by atoms with Crippen LogP contribution >= 0.6 is 0 Å².